The van der Waals surface area contributed by atoms with E-state index in [1.54, 1.807) is 39.5 Å². The second-order valence-electron chi connectivity index (χ2n) is 53.7. The molecule has 0 aromatic heterocycles. The first-order valence-corrected chi connectivity index (χ1v) is 55.7. The molecule has 708 valence electrons. The van der Waals surface area contributed by atoms with E-state index in [9.17, 15) is 10.2 Å². The lowest BCUT2D eigenvalue weighted by molar-refractivity contribution is -0.202. The van der Waals surface area contributed by atoms with Gasteiger partial charge < -0.3 is 14.7 Å². The van der Waals surface area contributed by atoms with Crippen LogP contribution in [0, 0.1) is 146 Å². The Balaban J connectivity index is 0.000000146. The lowest BCUT2D eigenvalue weighted by atomic mass is 9.42. The Kier molecular flexibility index (Phi) is 32.2. The van der Waals surface area contributed by atoms with Crippen LogP contribution in [0.15, 0.2) is 132 Å². The topological polar surface area (TPSA) is 49.7 Å². The van der Waals surface area contributed by atoms with Crippen molar-refractivity contribution in [3.8, 4) is 0 Å². The summed E-state index contributed by atoms with van der Waals surface area (Å²) in [5.41, 5.74) is 20.5. The average Bonchev–Trinajstić information content (AvgIpc) is 0.716. The van der Waals surface area contributed by atoms with Crippen LogP contribution in [0.5, 0.6) is 0 Å². The highest BCUT2D eigenvalue weighted by Gasteiger charge is 2.63. The van der Waals surface area contributed by atoms with Gasteiger partial charge in [-0.3, -0.25) is 0 Å². The van der Waals surface area contributed by atoms with Gasteiger partial charge in [0.15, 0.2) is 0 Å². The summed E-state index contributed by atoms with van der Waals surface area (Å²) in [5, 5.41) is 21.8. The third kappa shape index (κ3) is 21.4. The Hall–Kier alpha value is -2.12. The van der Waals surface area contributed by atoms with Gasteiger partial charge in [-0.2, -0.15) is 0 Å². The van der Waals surface area contributed by atoms with E-state index in [1.807, 2.05) is 12.5 Å². The third-order valence-corrected chi connectivity index (χ3v) is 43.1. The predicted molar refractivity (Wildman–Crippen MR) is 551 cm³/mol. The number of rotatable bonds is 14. The van der Waals surface area contributed by atoms with Gasteiger partial charge in [0.05, 0.1) is 17.8 Å². The molecule has 3 nitrogen and oxygen atoms in total. The van der Waals surface area contributed by atoms with Gasteiger partial charge in [-0.25, -0.2) is 0 Å². The molecule has 0 aromatic carbocycles. The lowest BCUT2D eigenvalue weighted by Crippen LogP contribution is -2.61. The zero-order valence-electron chi connectivity index (χ0n) is 87.0. The minimum Gasteiger partial charge on any atom is -0.390 e. The molecular formula is C120H200O3P2. The SMILES string of the molecule is C=C1CCC2C(C)(C)CCC[C@]2(C)[C@H]1CC/C(C)=C/COPP.C=CC(C)(O)CCC1=C(C)CCC2C(C)(C)CCC[C@@]12C.C=C[C@@]1(C)CC[C@H]2C(=CCC3C(C)(C)CCC[C@@]32C)C1.C=C[C@@]1(C)CC[C@H]2[C@@](O)(CCC3C(C)(C)CCC[C@@]32C)C1.C=C[C@]1(C)C=C2CCC3C(C)(C)CCC[C@]3(C)[C@H]2CC1.CC(C)C1=CC2=C(CC1)[C@@]1(C)CCCC(C)(C)C1CC2. The number of hydrogen-bond acceptors (Lipinski definition) is 3. The molecule has 0 bridgehead atoms. The molecule has 0 saturated heterocycles. The van der Waals surface area contributed by atoms with Crippen LogP contribution in [0.1, 0.15) is 456 Å². The van der Waals surface area contributed by atoms with Gasteiger partial charge in [0, 0.05) is 13.9 Å². The average molecular weight is 1750 g/mol. The molecule has 2 N–H and O–H groups in total. The minimum absolute atomic E-state index is 0.138. The zero-order valence-corrected chi connectivity index (χ0v) is 89.2. The van der Waals surface area contributed by atoms with E-state index >= 15 is 0 Å². The van der Waals surface area contributed by atoms with Crippen molar-refractivity contribution >= 4 is 17.4 Å². The maximum Gasteiger partial charge on any atom is 0.0800 e. The summed E-state index contributed by atoms with van der Waals surface area (Å²) in [6, 6.07) is 0. The first-order valence-electron chi connectivity index (χ1n) is 53.0. The smallest absolute Gasteiger partial charge is 0.0800 e. The van der Waals surface area contributed by atoms with Crippen molar-refractivity contribution in [3.05, 3.63) is 132 Å². The summed E-state index contributed by atoms with van der Waals surface area (Å²) in [5.74, 6) is 8.83. The lowest BCUT2D eigenvalue weighted by Gasteiger charge is -2.64. The Bertz CT molecular complexity index is 3990. The molecule has 0 aliphatic heterocycles. The van der Waals surface area contributed by atoms with Crippen LogP contribution in [0.4, 0.5) is 0 Å². The third-order valence-electron chi connectivity index (χ3n) is 42.3. The Morgan fingerprint density at radius 1 is 0.520 bits per heavy atom. The molecule has 23 atom stereocenters. The van der Waals surface area contributed by atoms with Crippen molar-refractivity contribution in [2.75, 3.05) is 6.61 Å². The molecule has 16 aliphatic carbocycles. The van der Waals surface area contributed by atoms with Gasteiger partial charge >= 0.3 is 0 Å². The van der Waals surface area contributed by atoms with Crippen LogP contribution in [-0.4, -0.2) is 28.0 Å². The highest BCUT2D eigenvalue weighted by molar-refractivity contribution is 8.00. The van der Waals surface area contributed by atoms with Gasteiger partial charge in [0.1, 0.15) is 0 Å². The van der Waals surface area contributed by atoms with Crippen LogP contribution >= 0.6 is 17.4 Å². The molecule has 125 heavy (non-hydrogen) atoms. The molecule has 16 rings (SSSR count). The molecule has 9 unspecified atom stereocenters. The summed E-state index contributed by atoms with van der Waals surface area (Å²) >= 11 is 0. The van der Waals surface area contributed by atoms with Crippen molar-refractivity contribution in [3.63, 3.8) is 0 Å². The highest BCUT2D eigenvalue weighted by atomic mass is 32.0. The highest BCUT2D eigenvalue weighted by Crippen LogP contribution is 2.71. The van der Waals surface area contributed by atoms with Crippen LogP contribution in [0.3, 0.4) is 0 Å². The monoisotopic (exact) mass is 1750 g/mol. The quantitative estimate of drug-likeness (QED) is 0.104. The molecule has 0 heterocycles. The normalized spacial score (nSPS) is 42.0. The van der Waals surface area contributed by atoms with Crippen molar-refractivity contribution in [2.45, 2.75) is 467 Å². The zero-order chi connectivity index (χ0) is 92.2. The maximum absolute atomic E-state index is 11.5. The largest absolute Gasteiger partial charge is 0.390 e. The van der Waals surface area contributed by atoms with Gasteiger partial charge in [-0.05, 0) is 405 Å². The molecule has 0 amide bonds. The number of fused-ring (bicyclic) bond motifs is 13. The molecule has 0 radical (unpaired) electrons. The van der Waals surface area contributed by atoms with Crippen LogP contribution < -0.4 is 0 Å². The number of allylic oxidation sites excluding steroid dienone is 15. The van der Waals surface area contributed by atoms with Gasteiger partial charge in [-0.1, -0.05) is 306 Å². The van der Waals surface area contributed by atoms with E-state index in [1.165, 1.54) is 262 Å². The Morgan fingerprint density at radius 3 is 1.58 bits per heavy atom. The number of hydrogen-bond donors (Lipinski definition) is 2. The predicted octanol–water partition coefficient (Wildman–Crippen LogP) is 36.5. The Morgan fingerprint density at radius 2 is 1.00 bits per heavy atom. The van der Waals surface area contributed by atoms with E-state index < -0.39 is 11.2 Å². The van der Waals surface area contributed by atoms with Crippen molar-refractivity contribution in [1.29, 1.82) is 0 Å². The van der Waals surface area contributed by atoms with Crippen molar-refractivity contribution in [1.82, 2.24) is 0 Å². The standard InChI is InChI=1S/C20H36OP2.2C20H34O.3C20H32/c1-15(11-14-21-23-22)7-9-17-16(2)8-10-18-19(3,4)12-6-13-20(17,18)5;1-6-18(4)12-8-16-19(5)11-7-10-17(2,3)15(19)9-13-20(16,21)14-18;1-7-19(5,21)14-11-16-15(2)9-10-17-18(3,4)12-8-13-20(16,17)6;1-14(2)15-7-9-17-16(13-15)8-10-18-19(3,4)11-6-12-20(17,18)5;2*1-6-19(4)13-10-16-15(14-19)8-9-17-18(2,3)11-7-12-20(16,17)5/h11,17-18,23H,2,6-10,12-14,22H2,1,3-5H3;6,15-16,21H,1,7-14H2,2-5H3;7,17,21H,1,8-14H2,2-6H3;13-14,18H,6-12H2,1-5H3;6,14,16-17H,1,7-13H2,2-5H3;6,8,16-17H,1,7,9-14H2,2-5H3/b15-11+;;;;;/t17-,18?,20+;15?,16-,18+,19+,20-;17?,19?,20-;18?,20-;2*16-,17?,19-,20+/m010100/s1. The van der Waals surface area contributed by atoms with Crippen LogP contribution in [-0.2, 0) is 4.52 Å². The summed E-state index contributed by atoms with van der Waals surface area (Å²) < 4.78 is 5.45. The van der Waals surface area contributed by atoms with E-state index in [2.05, 4.69) is 257 Å². The first-order chi connectivity index (χ1) is 58.0. The van der Waals surface area contributed by atoms with E-state index in [-0.39, 0.29) is 10.8 Å². The van der Waals surface area contributed by atoms with Gasteiger partial charge in [-0.15, -0.1) is 26.3 Å². The fraction of sp³-hybridized carbons (Fsp3) is 0.817. The molecule has 11 fully saturated rings. The fourth-order valence-corrected chi connectivity index (χ4v) is 35.5. The van der Waals surface area contributed by atoms with Gasteiger partial charge in [0.25, 0.3) is 0 Å². The van der Waals surface area contributed by atoms with Gasteiger partial charge in [0.2, 0.25) is 0 Å². The van der Waals surface area contributed by atoms with E-state index in [4.69, 9.17) is 4.52 Å². The van der Waals surface area contributed by atoms with Crippen molar-refractivity contribution < 1.29 is 14.7 Å². The van der Waals surface area contributed by atoms with Crippen LogP contribution in [0.2, 0.25) is 0 Å². The first kappa shape index (κ1) is 103. The Labute approximate surface area is 778 Å². The number of aliphatic hydroxyl groups is 2. The van der Waals surface area contributed by atoms with E-state index in [0.29, 0.717) is 90.7 Å². The minimum atomic E-state index is -0.735. The molecule has 16 aliphatic rings. The van der Waals surface area contributed by atoms with Crippen molar-refractivity contribution in [2.24, 2.45) is 146 Å². The molecule has 0 spiro atoms. The summed E-state index contributed by atoms with van der Waals surface area (Å²) in [7, 11) is 3.14. The maximum atomic E-state index is 11.5. The second kappa shape index (κ2) is 38.9. The summed E-state index contributed by atoms with van der Waals surface area (Å²) in [6.45, 7) is 84.9. The molecule has 5 heteroatoms. The molecular weight excluding hydrogens is 1550 g/mol. The molecule has 11 saturated carbocycles. The second-order valence-corrected chi connectivity index (χ2v) is 55.0. The summed E-state index contributed by atoms with van der Waals surface area (Å²) in [4.78, 5) is 0. The van der Waals surface area contributed by atoms with E-state index in [0.717, 1.165) is 85.6 Å². The summed E-state index contributed by atoms with van der Waals surface area (Å²) in [6.07, 6.45) is 74.6. The van der Waals surface area contributed by atoms with Crippen LogP contribution in [0.25, 0.3) is 0 Å². The fourth-order valence-electron chi connectivity index (χ4n) is 35.0. The molecule has 0 aromatic rings.